The third kappa shape index (κ3) is 27.1. The van der Waals surface area contributed by atoms with Crippen LogP contribution < -0.4 is 0 Å². The van der Waals surface area contributed by atoms with Crippen molar-refractivity contribution in [3.8, 4) is 33.4 Å². The maximum absolute atomic E-state index is 2.23. The van der Waals surface area contributed by atoms with Crippen molar-refractivity contribution in [1.82, 2.24) is 0 Å². The molecule has 0 aliphatic rings. The van der Waals surface area contributed by atoms with Gasteiger partial charge < -0.3 is 0 Å². The third-order valence-corrected chi connectivity index (χ3v) is 13.1. The molecule has 0 atom stereocenters. The lowest BCUT2D eigenvalue weighted by molar-refractivity contribution is 0.590. The van der Waals surface area contributed by atoms with Gasteiger partial charge in [0.2, 0.25) is 0 Å². The fourth-order valence-electron chi connectivity index (χ4n) is 8.58. The van der Waals surface area contributed by atoms with Crippen molar-refractivity contribution in [2.24, 2.45) is 0 Å². The Morgan fingerprint density at radius 1 is 0.183 bits per heavy atom. The number of hydrogen-bond acceptors (Lipinski definition) is 0. The van der Waals surface area contributed by atoms with Crippen LogP contribution in [-0.4, -0.2) is 0 Å². The van der Waals surface area contributed by atoms with Gasteiger partial charge in [-0.25, -0.2) is 0 Å². The molecule has 0 amide bonds. The first-order valence-corrected chi connectivity index (χ1v) is 28.8. The van der Waals surface area contributed by atoms with Crippen molar-refractivity contribution in [3.05, 3.63) is 357 Å². The van der Waals surface area contributed by atoms with E-state index in [1.807, 2.05) is 36.4 Å². The summed E-state index contributed by atoms with van der Waals surface area (Å²) in [6.07, 6.45) is 0. The first-order chi connectivity index (χ1) is 39.2. The quantitative estimate of drug-likeness (QED) is 0.165. The summed E-state index contributed by atoms with van der Waals surface area (Å²) < 4.78 is 0. The average molecular weight is 1080 g/mol. The Bertz CT molecular complexity index is 3350. The molecule has 0 aliphatic heterocycles. The molecule has 0 saturated carbocycles. The standard InChI is InChI=1S/3C13H12.C11H16.C9H12.2C8H10.C7H8/c1-11-7-5-6-10-13(11)12-8-3-2-4-9-12;1-11-6-5-9-13(10-11)12-7-3-2-4-8-12;1-11-7-9-13(10-8-11)12-5-3-2-4-6-12;1-9-5-7-10(8-6-9)11(2,3)4;1-7-4-8(2)6-9(3)5-7;1-7-3-5-8(2)6-4-7;1-7-4-3-5-8(2)6-7;1-7-5-3-2-4-6-7/h3*2-10H,1H3;5-8H,1-4H3;4-6H,1-3H3;2*3-6H,1-2H3;2-6H,1H3. The van der Waals surface area contributed by atoms with Crippen LogP contribution in [0.4, 0.5) is 0 Å². The van der Waals surface area contributed by atoms with Crippen molar-refractivity contribution < 1.29 is 0 Å². The van der Waals surface area contributed by atoms with Gasteiger partial charge in [-0.2, -0.15) is 0 Å². The van der Waals surface area contributed by atoms with Crippen LogP contribution in [0.5, 0.6) is 0 Å². The summed E-state index contributed by atoms with van der Waals surface area (Å²) in [6, 6.07) is 99.4. The summed E-state index contributed by atoms with van der Waals surface area (Å²) in [5, 5.41) is 0. The van der Waals surface area contributed by atoms with Crippen molar-refractivity contribution in [2.45, 2.75) is 109 Å². The molecule has 82 heavy (non-hydrogen) atoms. The van der Waals surface area contributed by atoms with E-state index in [0.29, 0.717) is 0 Å². The van der Waals surface area contributed by atoms with Crippen molar-refractivity contribution >= 4 is 0 Å². The van der Waals surface area contributed by atoms with E-state index in [-0.39, 0.29) is 5.41 Å². The molecule has 0 heterocycles. The van der Waals surface area contributed by atoms with Crippen LogP contribution in [0.1, 0.15) is 93.1 Å². The van der Waals surface area contributed by atoms with E-state index in [1.54, 1.807) is 0 Å². The molecule has 0 aromatic heterocycles. The van der Waals surface area contributed by atoms with Crippen LogP contribution in [-0.2, 0) is 5.41 Å². The molecule has 0 radical (unpaired) electrons. The summed E-state index contributed by atoms with van der Waals surface area (Å²) in [4.78, 5) is 0. The molecule has 0 fully saturated rings. The van der Waals surface area contributed by atoms with E-state index in [9.17, 15) is 0 Å². The highest BCUT2D eigenvalue weighted by atomic mass is 14.2. The molecule has 11 aromatic carbocycles. The minimum atomic E-state index is 0.285. The fourth-order valence-corrected chi connectivity index (χ4v) is 8.58. The Balaban J connectivity index is 0.000000203. The highest BCUT2D eigenvalue weighted by molar-refractivity contribution is 5.67. The van der Waals surface area contributed by atoms with Crippen LogP contribution in [0.25, 0.3) is 33.4 Å². The molecule has 0 spiro atoms. The maximum atomic E-state index is 2.23. The molecular formula is C82H92. The molecule has 11 aromatic rings. The minimum absolute atomic E-state index is 0.285. The lowest BCUT2D eigenvalue weighted by Gasteiger charge is -2.18. The van der Waals surface area contributed by atoms with Crippen LogP contribution in [0, 0.1) is 83.1 Å². The monoisotopic (exact) mass is 1080 g/mol. The molecule has 11 rings (SSSR count). The lowest BCUT2D eigenvalue weighted by atomic mass is 9.87. The van der Waals surface area contributed by atoms with Gasteiger partial charge in [0.05, 0.1) is 0 Å². The Morgan fingerprint density at radius 2 is 0.451 bits per heavy atom. The van der Waals surface area contributed by atoms with Crippen LogP contribution in [0.3, 0.4) is 0 Å². The largest absolute Gasteiger partial charge is 0.0622 e. The predicted molar refractivity (Wildman–Crippen MR) is 363 cm³/mol. The zero-order chi connectivity index (χ0) is 59.7. The number of benzene rings is 11. The minimum Gasteiger partial charge on any atom is -0.0622 e. The van der Waals surface area contributed by atoms with Crippen LogP contribution in [0.15, 0.2) is 285 Å². The van der Waals surface area contributed by atoms with Gasteiger partial charge >= 0.3 is 0 Å². The Morgan fingerprint density at radius 3 is 0.805 bits per heavy atom. The second-order valence-corrected chi connectivity index (χ2v) is 22.4. The predicted octanol–water partition coefficient (Wildman–Crippen LogP) is 23.5. The topological polar surface area (TPSA) is 0 Å². The normalized spacial score (nSPS) is 9.89. The highest BCUT2D eigenvalue weighted by Crippen LogP contribution is 2.24. The van der Waals surface area contributed by atoms with Gasteiger partial charge in [-0.1, -0.05) is 367 Å². The zero-order valence-corrected chi connectivity index (χ0v) is 52.1. The van der Waals surface area contributed by atoms with Gasteiger partial charge in [-0.05, 0) is 133 Å². The lowest BCUT2D eigenvalue weighted by Crippen LogP contribution is -2.10. The molecule has 0 bridgehead atoms. The van der Waals surface area contributed by atoms with Gasteiger partial charge in [0.25, 0.3) is 0 Å². The van der Waals surface area contributed by atoms with Gasteiger partial charge in [-0.15, -0.1) is 0 Å². The highest BCUT2D eigenvalue weighted by Gasteiger charge is 2.12. The number of rotatable bonds is 3. The van der Waals surface area contributed by atoms with E-state index < -0.39 is 0 Å². The second kappa shape index (κ2) is 35.9. The molecule has 0 saturated heterocycles. The van der Waals surface area contributed by atoms with Crippen molar-refractivity contribution in [3.63, 3.8) is 0 Å². The SMILES string of the molecule is Cc1cc(C)cc(C)c1.Cc1ccc(-c2ccccc2)cc1.Cc1ccc(C(C)(C)C)cc1.Cc1ccc(C)cc1.Cc1cccc(-c2ccccc2)c1.Cc1cccc(C)c1.Cc1ccccc1.Cc1ccccc1-c1ccccc1. The summed E-state index contributed by atoms with van der Waals surface area (Å²) in [7, 11) is 0. The second-order valence-electron chi connectivity index (χ2n) is 22.4. The van der Waals surface area contributed by atoms with Crippen molar-refractivity contribution in [2.75, 3.05) is 0 Å². The Kier molecular flexibility index (Phi) is 28.9. The maximum Gasteiger partial charge on any atom is -0.0132 e. The van der Waals surface area contributed by atoms with Gasteiger partial charge in [-0.3, -0.25) is 0 Å². The van der Waals surface area contributed by atoms with Crippen LogP contribution in [0.2, 0.25) is 0 Å². The van der Waals surface area contributed by atoms with E-state index in [0.717, 1.165) is 0 Å². The zero-order valence-electron chi connectivity index (χ0n) is 52.1. The van der Waals surface area contributed by atoms with E-state index in [1.165, 1.54) is 106 Å². The van der Waals surface area contributed by atoms with Crippen LogP contribution >= 0.6 is 0 Å². The van der Waals surface area contributed by atoms with Gasteiger partial charge in [0.1, 0.15) is 0 Å². The smallest absolute Gasteiger partial charge is 0.0132 e. The number of hydrogen-bond donors (Lipinski definition) is 0. The summed E-state index contributed by atoms with van der Waals surface area (Å²) in [6.45, 7) is 32.0. The molecule has 0 nitrogen and oxygen atoms in total. The Hall–Kier alpha value is -8.58. The average Bonchev–Trinajstić information content (AvgIpc) is 3.46. The molecular weight excluding hydrogens is 985 g/mol. The Labute approximate surface area is 497 Å². The first kappa shape index (κ1) is 65.9. The molecule has 0 N–H and O–H groups in total. The van der Waals surface area contributed by atoms with Gasteiger partial charge in [0, 0.05) is 0 Å². The molecule has 420 valence electrons. The molecule has 0 aliphatic carbocycles. The fraction of sp³-hybridized carbons (Fsp3) is 0.195. The first-order valence-electron chi connectivity index (χ1n) is 28.8. The van der Waals surface area contributed by atoms with Crippen molar-refractivity contribution in [1.29, 1.82) is 0 Å². The summed E-state index contributed by atoms with van der Waals surface area (Å²) in [5.41, 5.74) is 25.4. The van der Waals surface area contributed by atoms with E-state index in [2.05, 4.69) is 353 Å². The van der Waals surface area contributed by atoms with E-state index >= 15 is 0 Å². The molecule has 0 heteroatoms. The van der Waals surface area contributed by atoms with Gasteiger partial charge in [0.15, 0.2) is 0 Å². The summed E-state index contributed by atoms with van der Waals surface area (Å²) in [5.74, 6) is 0. The third-order valence-electron chi connectivity index (χ3n) is 13.1. The van der Waals surface area contributed by atoms with E-state index in [4.69, 9.17) is 0 Å². The summed E-state index contributed by atoms with van der Waals surface area (Å²) >= 11 is 0. The number of aryl methyl sites for hydroxylation is 12. The molecule has 0 unspecified atom stereocenters.